The molecule has 0 aliphatic heterocycles. The molecule has 1 saturated carbocycles. The first-order valence-corrected chi connectivity index (χ1v) is 6.44. The standard InChI is InChI=1S/C12H14N2O2S/c1-16-10-7-11(17-8-10)12(15)14(6-2-5-13)9-3-4-9/h7-9H,2-4,6H2,1H3. The molecule has 4 nitrogen and oxygen atoms in total. The molecular formula is C12H14N2O2S. The highest BCUT2D eigenvalue weighted by Crippen LogP contribution is 2.30. The summed E-state index contributed by atoms with van der Waals surface area (Å²) in [6.07, 6.45) is 2.50. The highest BCUT2D eigenvalue weighted by Gasteiger charge is 2.33. The average Bonchev–Trinajstić information content (AvgIpc) is 3.06. The van der Waals surface area contributed by atoms with Crippen molar-refractivity contribution in [3.63, 3.8) is 0 Å². The van der Waals surface area contributed by atoms with E-state index in [9.17, 15) is 4.79 Å². The number of nitrogens with zero attached hydrogens (tertiary/aromatic N) is 2. The Balaban J connectivity index is 2.07. The Hall–Kier alpha value is -1.54. The summed E-state index contributed by atoms with van der Waals surface area (Å²) >= 11 is 1.39. The minimum Gasteiger partial charge on any atom is -0.496 e. The second kappa shape index (κ2) is 5.19. The van der Waals surface area contributed by atoms with Gasteiger partial charge >= 0.3 is 0 Å². The third kappa shape index (κ3) is 2.77. The van der Waals surface area contributed by atoms with E-state index >= 15 is 0 Å². The highest BCUT2D eigenvalue weighted by molar-refractivity contribution is 7.12. The second-order valence-corrected chi connectivity index (χ2v) is 4.90. The third-order valence-corrected chi connectivity index (χ3v) is 3.63. The fourth-order valence-corrected chi connectivity index (χ4v) is 2.50. The lowest BCUT2D eigenvalue weighted by Crippen LogP contribution is -2.33. The average molecular weight is 250 g/mol. The van der Waals surface area contributed by atoms with Crippen molar-refractivity contribution in [3.8, 4) is 11.8 Å². The van der Waals surface area contributed by atoms with Gasteiger partial charge in [0.1, 0.15) is 5.75 Å². The smallest absolute Gasteiger partial charge is 0.264 e. The van der Waals surface area contributed by atoms with Gasteiger partial charge in [0.25, 0.3) is 5.91 Å². The van der Waals surface area contributed by atoms with Gasteiger partial charge in [0.2, 0.25) is 0 Å². The van der Waals surface area contributed by atoms with Crippen LogP contribution in [0.2, 0.25) is 0 Å². The van der Waals surface area contributed by atoms with E-state index in [2.05, 4.69) is 6.07 Å². The third-order valence-electron chi connectivity index (χ3n) is 2.73. The first-order chi connectivity index (χ1) is 8.26. The van der Waals surface area contributed by atoms with Crippen molar-refractivity contribution in [2.24, 2.45) is 0 Å². The number of methoxy groups -OCH3 is 1. The minimum absolute atomic E-state index is 0.0241. The van der Waals surface area contributed by atoms with E-state index < -0.39 is 0 Å². The topological polar surface area (TPSA) is 53.3 Å². The number of hydrogen-bond acceptors (Lipinski definition) is 4. The molecule has 0 spiro atoms. The van der Waals surface area contributed by atoms with Gasteiger partial charge in [-0.1, -0.05) is 0 Å². The summed E-state index contributed by atoms with van der Waals surface area (Å²) < 4.78 is 5.07. The van der Waals surface area contributed by atoms with E-state index in [1.54, 1.807) is 13.2 Å². The van der Waals surface area contributed by atoms with E-state index in [-0.39, 0.29) is 5.91 Å². The van der Waals surface area contributed by atoms with Crippen LogP contribution in [0, 0.1) is 11.3 Å². The molecule has 1 aliphatic rings. The fourth-order valence-electron chi connectivity index (χ4n) is 1.69. The summed E-state index contributed by atoms with van der Waals surface area (Å²) in [5.41, 5.74) is 0. The molecule has 0 aromatic carbocycles. The van der Waals surface area contributed by atoms with Gasteiger partial charge in [-0.2, -0.15) is 5.26 Å². The lowest BCUT2D eigenvalue weighted by Gasteiger charge is -2.20. The van der Waals surface area contributed by atoms with Crippen molar-refractivity contribution in [2.45, 2.75) is 25.3 Å². The van der Waals surface area contributed by atoms with Crippen molar-refractivity contribution < 1.29 is 9.53 Å². The monoisotopic (exact) mass is 250 g/mol. The predicted octanol–water partition coefficient (Wildman–Crippen LogP) is 2.27. The summed E-state index contributed by atoms with van der Waals surface area (Å²) in [5, 5.41) is 10.4. The number of carbonyl (C=O) groups is 1. The number of ether oxygens (including phenoxy) is 1. The molecule has 1 heterocycles. The van der Waals surface area contributed by atoms with Crippen molar-refractivity contribution in [2.75, 3.05) is 13.7 Å². The summed E-state index contributed by atoms with van der Waals surface area (Å²) in [6, 6.07) is 4.18. The van der Waals surface area contributed by atoms with E-state index in [0.29, 0.717) is 23.9 Å². The maximum atomic E-state index is 12.2. The predicted molar refractivity (Wildman–Crippen MR) is 65.2 cm³/mol. The molecule has 0 saturated heterocycles. The van der Waals surface area contributed by atoms with Crippen molar-refractivity contribution in [1.82, 2.24) is 4.90 Å². The van der Waals surface area contributed by atoms with Crippen LogP contribution in [-0.2, 0) is 0 Å². The Labute approximate surface area is 104 Å². The summed E-state index contributed by atoms with van der Waals surface area (Å²) in [6.45, 7) is 0.528. The second-order valence-electron chi connectivity index (χ2n) is 3.99. The Morgan fingerprint density at radius 2 is 2.47 bits per heavy atom. The summed E-state index contributed by atoms with van der Waals surface area (Å²) in [7, 11) is 1.59. The maximum absolute atomic E-state index is 12.2. The molecule has 5 heteroatoms. The number of carbonyl (C=O) groups excluding carboxylic acids is 1. The molecule has 0 atom stereocenters. The lowest BCUT2D eigenvalue weighted by atomic mass is 10.3. The first kappa shape index (κ1) is 11.9. The van der Waals surface area contributed by atoms with Crippen LogP contribution in [0.25, 0.3) is 0 Å². The Morgan fingerprint density at radius 1 is 1.71 bits per heavy atom. The molecule has 1 aliphatic carbocycles. The van der Waals surface area contributed by atoms with Crippen molar-refractivity contribution >= 4 is 17.2 Å². The van der Waals surface area contributed by atoms with Crippen molar-refractivity contribution in [3.05, 3.63) is 16.3 Å². The maximum Gasteiger partial charge on any atom is 0.264 e. The van der Waals surface area contributed by atoms with Gasteiger partial charge in [-0.25, -0.2) is 0 Å². The molecule has 90 valence electrons. The van der Waals surface area contributed by atoms with Gasteiger partial charge in [-0.15, -0.1) is 11.3 Å². The molecule has 2 rings (SSSR count). The number of nitriles is 1. The normalized spacial score (nSPS) is 14.1. The molecule has 1 fully saturated rings. The molecule has 1 amide bonds. The van der Waals surface area contributed by atoms with Crippen molar-refractivity contribution in [1.29, 1.82) is 5.26 Å². The van der Waals surface area contributed by atoms with Crippen LogP contribution in [0.5, 0.6) is 5.75 Å². The minimum atomic E-state index is 0.0241. The highest BCUT2D eigenvalue weighted by atomic mass is 32.1. The molecule has 0 N–H and O–H groups in total. The van der Waals surface area contributed by atoms with Crippen LogP contribution in [0.1, 0.15) is 28.9 Å². The van der Waals surface area contributed by atoms with E-state index in [1.807, 2.05) is 10.3 Å². The fraction of sp³-hybridized carbons (Fsp3) is 0.500. The van der Waals surface area contributed by atoms with Crippen LogP contribution >= 0.6 is 11.3 Å². The van der Waals surface area contributed by atoms with Crippen LogP contribution in [0.15, 0.2) is 11.4 Å². The summed E-state index contributed by atoms with van der Waals surface area (Å²) in [5.74, 6) is 0.741. The molecular weight excluding hydrogens is 236 g/mol. The van der Waals surface area contributed by atoms with Gasteiger partial charge in [-0.3, -0.25) is 4.79 Å². The largest absolute Gasteiger partial charge is 0.496 e. The van der Waals surface area contributed by atoms with E-state index in [1.165, 1.54) is 11.3 Å². The van der Waals surface area contributed by atoms with Gasteiger partial charge in [0, 0.05) is 24.0 Å². The zero-order valence-corrected chi connectivity index (χ0v) is 10.5. The SMILES string of the molecule is COc1csc(C(=O)N(CCC#N)C2CC2)c1. The lowest BCUT2D eigenvalue weighted by molar-refractivity contribution is 0.0751. The quantitative estimate of drug-likeness (QED) is 0.805. The van der Waals surface area contributed by atoms with Crippen LogP contribution in [0.3, 0.4) is 0 Å². The van der Waals surface area contributed by atoms with Crippen LogP contribution in [-0.4, -0.2) is 30.5 Å². The molecule has 17 heavy (non-hydrogen) atoms. The Bertz CT molecular complexity index is 446. The molecule has 1 aromatic heterocycles. The van der Waals surface area contributed by atoms with Gasteiger partial charge in [0.15, 0.2) is 0 Å². The van der Waals surface area contributed by atoms with E-state index in [4.69, 9.17) is 10.00 Å². The first-order valence-electron chi connectivity index (χ1n) is 5.56. The molecule has 0 radical (unpaired) electrons. The zero-order valence-electron chi connectivity index (χ0n) is 9.68. The van der Waals surface area contributed by atoms with Crippen LogP contribution in [0.4, 0.5) is 0 Å². The molecule has 0 unspecified atom stereocenters. The Kier molecular flexibility index (Phi) is 3.64. The summed E-state index contributed by atoms with van der Waals surface area (Å²) in [4.78, 5) is 14.7. The van der Waals surface area contributed by atoms with Gasteiger partial charge in [0.05, 0.1) is 24.5 Å². The number of hydrogen-bond donors (Lipinski definition) is 0. The Morgan fingerprint density at radius 3 is 3.00 bits per heavy atom. The van der Waals surface area contributed by atoms with E-state index in [0.717, 1.165) is 18.6 Å². The number of thiophene rings is 1. The zero-order chi connectivity index (χ0) is 12.3. The molecule has 1 aromatic rings. The number of rotatable bonds is 5. The van der Waals surface area contributed by atoms with Gasteiger partial charge < -0.3 is 9.64 Å². The van der Waals surface area contributed by atoms with Gasteiger partial charge in [-0.05, 0) is 12.8 Å². The van der Waals surface area contributed by atoms with Crippen LogP contribution < -0.4 is 4.74 Å². The number of amides is 1. The molecule has 0 bridgehead atoms.